The minimum absolute atomic E-state index is 0.00472. The van der Waals surface area contributed by atoms with Crippen LogP contribution in [0.15, 0.2) is 94.7 Å². The summed E-state index contributed by atoms with van der Waals surface area (Å²) in [6, 6.07) is 10.7. The van der Waals surface area contributed by atoms with E-state index in [4.69, 9.17) is 87.3 Å². The number of nitrogens with zero attached hydrogens (tertiary/aromatic N) is 7. The van der Waals surface area contributed by atoms with Gasteiger partial charge in [-0.15, -0.1) is 0 Å². The number of nitrogens with two attached hydrogens (primary N) is 2. The number of rotatable bonds is 37. The second kappa shape index (κ2) is 51.1. The quantitative estimate of drug-likeness (QED) is 0.00934. The van der Waals surface area contributed by atoms with Crippen LogP contribution in [0.1, 0.15) is 149 Å². The Morgan fingerprint density at radius 3 is 2.05 bits per heavy atom. The van der Waals surface area contributed by atoms with Crippen molar-refractivity contribution >= 4 is 69.4 Å². The molecule has 0 spiro atoms. The molecule has 4 aliphatic heterocycles. The van der Waals surface area contributed by atoms with Crippen molar-refractivity contribution in [3.8, 4) is 11.3 Å². The summed E-state index contributed by atoms with van der Waals surface area (Å²) in [4.78, 5) is 100. The Kier molecular flexibility index (Phi) is 40.5. The molecule has 5 aromatic rings. The first-order chi connectivity index (χ1) is 61.3. The summed E-state index contributed by atoms with van der Waals surface area (Å²) in [5.74, 6) is -7.56. The Labute approximate surface area is 744 Å². The predicted octanol–water partition coefficient (Wildman–Crippen LogP) is 8.97. The number of piperidine rings is 1. The lowest BCUT2D eigenvalue weighted by atomic mass is 9.78. The van der Waals surface area contributed by atoms with Crippen LogP contribution in [0.3, 0.4) is 0 Å². The monoisotopic (exact) mass is 1780 g/mol. The molecular weight excluding hydrogens is 1640 g/mol. The molecule has 16 unspecified atom stereocenters. The molecule has 7 heterocycles. The molecule has 3 aromatic heterocycles. The molecule has 3 amide bonds. The number of Topliss-reactive ketones (excluding diaryl/α,β-unsaturated/α-hetero) is 2. The number of hydrogen-bond donors (Lipinski definition) is 6. The van der Waals surface area contributed by atoms with E-state index in [1.54, 1.807) is 47.1 Å². The number of fused-ring (bicyclic) bond motifs is 6. The SMILES string of the molecule is COC1CC2CCC(C)C(O)(O2)C(=O)C(=O)N2CCCCC2C(=O)OC(C(C)CC2CCC(OC(=O)NCCOCCOCCOCCOCCOCCOCCOCCOCCC(=O)N3CCc4cc(Cn5nc(-c6ccc7oc(N)nc7c6)c6c(N)ncnc65)ccc4C3)C(OC)C2)CC(O)C(C)C=C(C)C(O)C(OC)C(=O)C(C)CC(C)C=CC=CC=C1C. The largest absolute Gasteiger partial charge is 0.460 e. The summed E-state index contributed by atoms with van der Waals surface area (Å²) in [6.45, 7) is 20.5. The maximum absolute atomic E-state index is 14.8. The van der Waals surface area contributed by atoms with Crippen LogP contribution in [0, 0.1) is 35.5 Å². The highest BCUT2D eigenvalue weighted by atomic mass is 16.6. The second-order valence-electron chi connectivity index (χ2n) is 34.1. The van der Waals surface area contributed by atoms with Gasteiger partial charge in [0.2, 0.25) is 11.7 Å². The van der Waals surface area contributed by atoms with E-state index in [-0.39, 0.29) is 74.4 Å². The summed E-state index contributed by atoms with van der Waals surface area (Å²) in [7, 11) is 4.52. The maximum Gasteiger partial charge on any atom is 0.407 e. The van der Waals surface area contributed by atoms with Gasteiger partial charge < -0.3 is 113 Å². The van der Waals surface area contributed by atoms with Crippen LogP contribution in [-0.4, -0.2) is 293 Å². The molecule has 2 aromatic carbocycles. The van der Waals surface area contributed by atoms with Gasteiger partial charge in [0.15, 0.2) is 17.0 Å². The van der Waals surface area contributed by atoms with Crippen LogP contribution < -0.4 is 16.8 Å². The zero-order valence-corrected chi connectivity index (χ0v) is 75.6. The first kappa shape index (κ1) is 101. The number of aromatic nitrogens is 5. The summed E-state index contributed by atoms with van der Waals surface area (Å²) in [6.07, 6.45) is 11.4. The van der Waals surface area contributed by atoms with Gasteiger partial charge in [-0.05, 0) is 148 Å². The fourth-order valence-corrected chi connectivity index (χ4v) is 17.3. The standard InChI is InChI=1S/C93H136N10O24/c1-59-16-12-11-13-17-60(2)77(113-8)54-71-24-19-65(7)93(112,127-71)86(108)89(109)102-30-15-14-18-73(102)90(110)124-78(55-74(104)61(3)49-64(6)84(107)85(115-10)83(106)63(5)48-59)62(4)50-66-21-25-76(79(52-66)114-9)126-92(111)96-29-33-117-35-37-119-39-41-121-43-45-123-47-46-122-44-42-120-40-38-118-36-34-116-32-28-80(105)101-31-27-68-51-67(20-22-70(68)57-101)56-103-88-81(87(94)97-58-98-88)82(100-103)69-23-26-75-72(53-69)99-91(95)125-75/h11-13,16-17,20,22-23,26,49,51,53,58-59,61-63,65-66,71,73-74,76-79,84-85,104,107,112H,14-15,18-19,21,24-25,27-48,50,52,54-57H2,1-10H3,(H2,95,99)(H,96,111)(H2,94,97,98). The summed E-state index contributed by atoms with van der Waals surface area (Å²) in [5, 5.41) is 44.2. The average molecular weight is 1780 g/mol. The van der Waals surface area contributed by atoms with Crippen LogP contribution >= 0.6 is 0 Å². The van der Waals surface area contributed by atoms with Crippen LogP contribution in [0.2, 0.25) is 0 Å². The van der Waals surface area contributed by atoms with Crippen molar-refractivity contribution in [3.63, 3.8) is 0 Å². The normalized spacial score (nSPS) is 26.2. The molecular formula is C93H136N10O24. The second-order valence-corrected chi connectivity index (χ2v) is 34.1. The Balaban J connectivity index is 0.552. The molecule has 127 heavy (non-hydrogen) atoms. The lowest BCUT2D eigenvalue weighted by Crippen LogP contribution is -2.61. The van der Waals surface area contributed by atoms with E-state index in [9.17, 15) is 44.1 Å². The fourth-order valence-electron chi connectivity index (χ4n) is 17.3. The van der Waals surface area contributed by atoms with Gasteiger partial charge in [0.25, 0.3) is 17.7 Å². The van der Waals surface area contributed by atoms with Gasteiger partial charge >= 0.3 is 12.1 Å². The Morgan fingerprint density at radius 1 is 0.701 bits per heavy atom. The number of nitrogen functional groups attached to an aromatic ring is 2. The molecule has 34 heteroatoms. The topological polar surface area (TPSA) is 433 Å². The minimum atomic E-state index is -2.47. The highest BCUT2D eigenvalue weighted by molar-refractivity contribution is 6.39. The lowest BCUT2D eigenvalue weighted by Gasteiger charge is -2.43. The van der Waals surface area contributed by atoms with Crippen LogP contribution in [-0.2, 0) is 110 Å². The molecule has 8 N–H and O–H groups in total. The number of cyclic esters (lactones) is 1. The van der Waals surface area contributed by atoms with Crippen LogP contribution in [0.25, 0.3) is 33.4 Å². The molecule has 10 rings (SSSR count). The zero-order chi connectivity index (χ0) is 90.9. The maximum atomic E-state index is 14.8. The number of methoxy groups -OCH3 is 3. The van der Waals surface area contributed by atoms with E-state index in [1.165, 1.54) is 23.9 Å². The molecule has 5 aliphatic rings. The molecule has 0 radical (unpaired) electrons. The van der Waals surface area contributed by atoms with Gasteiger partial charge in [-0.3, -0.25) is 19.2 Å². The zero-order valence-electron chi connectivity index (χ0n) is 75.6. The molecule has 2 saturated heterocycles. The third-order valence-corrected chi connectivity index (χ3v) is 24.7. The minimum Gasteiger partial charge on any atom is -0.460 e. The van der Waals surface area contributed by atoms with Crippen molar-refractivity contribution < 1.29 is 115 Å². The third-order valence-electron chi connectivity index (χ3n) is 24.7. The Morgan fingerprint density at radius 2 is 1.38 bits per heavy atom. The van der Waals surface area contributed by atoms with E-state index in [2.05, 4.69) is 38.5 Å². The van der Waals surface area contributed by atoms with Gasteiger partial charge in [0.05, 0.1) is 148 Å². The summed E-state index contributed by atoms with van der Waals surface area (Å²) >= 11 is 0. The van der Waals surface area contributed by atoms with Crippen molar-refractivity contribution in [1.29, 1.82) is 0 Å². The molecule has 34 nitrogen and oxygen atoms in total. The average Bonchev–Trinajstić information content (AvgIpc) is 1.71. The number of alkyl carbamates (subject to hydrolysis) is 1. The first-order valence-corrected chi connectivity index (χ1v) is 45.0. The fraction of sp³-hybridized carbons (Fsp3) is 0.656. The number of carbonyl (C=O) groups is 6. The van der Waals surface area contributed by atoms with Crippen molar-refractivity contribution in [2.45, 2.75) is 212 Å². The molecule has 3 fully saturated rings. The van der Waals surface area contributed by atoms with Crippen molar-refractivity contribution in [2.75, 3.05) is 158 Å². The van der Waals surface area contributed by atoms with E-state index in [0.717, 1.165) is 28.7 Å². The Bertz CT molecular complexity index is 4460. The lowest BCUT2D eigenvalue weighted by molar-refractivity contribution is -0.265. The Hall–Kier alpha value is -8.56. The molecule has 2 bridgehead atoms. The van der Waals surface area contributed by atoms with Gasteiger partial charge in [0.1, 0.15) is 53.8 Å². The highest BCUT2D eigenvalue weighted by Crippen LogP contribution is 2.40. The molecule has 702 valence electrons. The first-order valence-electron chi connectivity index (χ1n) is 45.0. The van der Waals surface area contributed by atoms with Crippen molar-refractivity contribution in [1.82, 2.24) is 39.8 Å². The van der Waals surface area contributed by atoms with Gasteiger partial charge in [-0.25, -0.2) is 24.2 Å². The predicted molar refractivity (Wildman–Crippen MR) is 471 cm³/mol. The van der Waals surface area contributed by atoms with Gasteiger partial charge in [-0.2, -0.15) is 10.1 Å². The number of esters is 1. The number of nitrogens with one attached hydrogen (secondary N) is 1. The number of ether oxygens (including phenoxy) is 14. The number of carbonyl (C=O) groups excluding carboxylic acids is 6. The highest BCUT2D eigenvalue weighted by Gasteiger charge is 2.53. The summed E-state index contributed by atoms with van der Waals surface area (Å²) in [5.41, 5.74) is 20.0. The number of aliphatic hydroxyl groups is 3. The van der Waals surface area contributed by atoms with E-state index >= 15 is 0 Å². The molecule has 1 aliphatic carbocycles. The number of benzene rings is 2. The van der Waals surface area contributed by atoms with E-state index in [1.807, 2.05) is 79.8 Å². The van der Waals surface area contributed by atoms with E-state index in [0.29, 0.717) is 222 Å². The number of anilines is 2. The number of aliphatic hydroxyl groups excluding tert-OH is 2. The number of ketones is 2. The van der Waals surface area contributed by atoms with Gasteiger partial charge in [0, 0.05) is 83.7 Å². The number of oxazole rings is 1. The smallest absolute Gasteiger partial charge is 0.407 e. The summed E-state index contributed by atoms with van der Waals surface area (Å²) < 4.78 is 88.5. The van der Waals surface area contributed by atoms with Crippen LogP contribution in [0.5, 0.6) is 0 Å². The molecule has 16 atom stereocenters. The number of amides is 3. The number of hydrogen-bond acceptors (Lipinski definition) is 30. The molecule has 1 saturated carbocycles. The van der Waals surface area contributed by atoms with Crippen molar-refractivity contribution in [3.05, 3.63) is 107 Å². The number of allylic oxidation sites excluding steroid dienone is 5. The van der Waals surface area contributed by atoms with Crippen LogP contribution in [0.4, 0.5) is 16.6 Å². The van der Waals surface area contributed by atoms with Gasteiger partial charge in [-0.1, -0.05) is 89.3 Å². The van der Waals surface area contributed by atoms with E-state index < -0.39 is 102 Å². The third kappa shape index (κ3) is 29.5. The van der Waals surface area contributed by atoms with Crippen molar-refractivity contribution in [2.24, 2.45) is 35.5 Å².